The number of aromatic amines is 1. The van der Waals surface area contributed by atoms with Crippen LogP contribution in [0.5, 0.6) is 0 Å². The Morgan fingerprint density at radius 2 is 1.92 bits per heavy atom. The zero-order valence-electron chi connectivity index (χ0n) is 15.0. The van der Waals surface area contributed by atoms with Crippen LogP contribution in [0.4, 0.5) is 5.95 Å². The number of hydrogen-bond acceptors (Lipinski definition) is 4. The lowest BCUT2D eigenvalue weighted by Gasteiger charge is -2.10. The van der Waals surface area contributed by atoms with Crippen molar-refractivity contribution >= 4 is 17.8 Å². The van der Waals surface area contributed by atoms with Crippen LogP contribution in [-0.2, 0) is 9.59 Å². The van der Waals surface area contributed by atoms with E-state index in [4.69, 9.17) is 0 Å². The predicted octanol–water partition coefficient (Wildman–Crippen LogP) is 3.92. The van der Waals surface area contributed by atoms with Gasteiger partial charge in [-0.1, -0.05) is 51.2 Å². The van der Waals surface area contributed by atoms with Crippen molar-refractivity contribution in [1.82, 2.24) is 15.2 Å². The van der Waals surface area contributed by atoms with Crippen molar-refractivity contribution in [1.29, 1.82) is 0 Å². The van der Waals surface area contributed by atoms with Gasteiger partial charge in [-0.25, -0.2) is 4.98 Å². The fourth-order valence-corrected chi connectivity index (χ4v) is 2.56. The minimum absolute atomic E-state index is 0.0743. The third-order valence-electron chi connectivity index (χ3n) is 4.02. The number of carbonyl (C=O) groups is 2. The Bertz CT molecular complexity index is 514. The first-order chi connectivity index (χ1) is 12.1. The van der Waals surface area contributed by atoms with Gasteiger partial charge >= 0.3 is 5.97 Å². The molecule has 1 heterocycles. The van der Waals surface area contributed by atoms with E-state index in [2.05, 4.69) is 33.5 Å². The molecule has 0 radical (unpaired) electrons. The van der Waals surface area contributed by atoms with Crippen LogP contribution in [0.15, 0.2) is 18.5 Å². The van der Waals surface area contributed by atoms with Crippen LogP contribution in [0.1, 0.15) is 71.1 Å². The summed E-state index contributed by atoms with van der Waals surface area (Å²) in [7, 11) is 0. The lowest BCUT2D eigenvalue weighted by atomic mass is 9.99. The van der Waals surface area contributed by atoms with Crippen molar-refractivity contribution in [2.24, 2.45) is 5.92 Å². The number of nitrogens with one attached hydrogen (secondary N) is 2. The first-order valence-corrected chi connectivity index (χ1v) is 9.17. The Morgan fingerprint density at radius 3 is 2.60 bits per heavy atom. The van der Waals surface area contributed by atoms with Crippen molar-refractivity contribution in [2.45, 2.75) is 71.1 Å². The fourth-order valence-electron chi connectivity index (χ4n) is 2.56. The maximum atomic E-state index is 11.8. The van der Waals surface area contributed by atoms with E-state index in [0.717, 1.165) is 6.42 Å². The van der Waals surface area contributed by atoms with Crippen LogP contribution in [0.3, 0.4) is 0 Å². The molecule has 7 heteroatoms. The van der Waals surface area contributed by atoms with Gasteiger partial charge in [0.2, 0.25) is 11.9 Å². The Hall–Kier alpha value is -2.18. The monoisotopic (exact) mass is 350 g/mol. The summed E-state index contributed by atoms with van der Waals surface area (Å²) < 4.78 is 0. The van der Waals surface area contributed by atoms with Crippen LogP contribution in [0.25, 0.3) is 0 Å². The number of aliphatic carboxylic acids is 1. The lowest BCUT2D eigenvalue weighted by molar-refractivity contribution is -0.143. The quantitative estimate of drug-likeness (QED) is 0.348. The van der Waals surface area contributed by atoms with E-state index < -0.39 is 11.9 Å². The molecule has 1 atom stereocenters. The Labute approximate surface area is 149 Å². The van der Waals surface area contributed by atoms with Crippen molar-refractivity contribution in [3.05, 3.63) is 18.5 Å². The molecule has 1 aromatic rings. The van der Waals surface area contributed by atoms with Gasteiger partial charge in [-0.3, -0.25) is 20.0 Å². The molecule has 1 amide bonds. The number of carboxylic acid groups (broad SMARTS) is 1. The maximum absolute atomic E-state index is 11.8. The molecule has 1 unspecified atom stereocenters. The summed E-state index contributed by atoms with van der Waals surface area (Å²) in [6, 6.07) is 0. The number of H-pyrrole nitrogens is 1. The predicted molar refractivity (Wildman–Crippen MR) is 97.1 cm³/mol. The normalized spacial score (nSPS) is 12.4. The standard InChI is InChI=1S/C18H30N4O3/c1-2-3-4-5-6-7-8-9-10-11-12-15(17(24)25)13-16(23)21-18-19-14-20-22-18/h9-10,14-15H,2-8,11-13H2,1H3,(H,24,25)(H2,19,20,21,22,23). The molecule has 1 aromatic heterocycles. The van der Waals surface area contributed by atoms with Crippen LogP contribution in [0.2, 0.25) is 0 Å². The SMILES string of the molecule is CCCCCCCCC=CCCC(CC(=O)Nc1nc[nH]n1)C(=O)O. The average Bonchev–Trinajstić information content (AvgIpc) is 3.08. The molecule has 3 N–H and O–H groups in total. The lowest BCUT2D eigenvalue weighted by Crippen LogP contribution is -2.22. The molecular formula is C18H30N4O3. The second kappa shape index (κ2) is 13.1. The second-order valence-corrected chi connectivity index (χ2v) is 6.22. The van der Waals surface area contributed by atoms with Gasteiger partial charge in [-0.2, -0.15) is 0 Å². The van der Waals surface area contributed by atoms with Crippen LogP contribution >= 0.6 is 0 Å². The smallest absolute Gasteiger partial charge is 0.307 e. The van der Waals surface area contributed by atoms with Crippen molar-refractivity contribution in [2.75, 3.05) is 5.32 Å². The maximum Gasteiger partial charge on any atom is 0.307 e. The molecule has 0 aliphatic carbocycles. The van der Waals surface area contributed by atoms with E-state index in [1.165, 1.54) is 44.9 Å². The summed E-state index contributed by atoms with van der Waals surface area (Å²) in [5.41, 5.74) is 0. The number of aromatic nitrogens is 3. The Morgan fingerprint density at radius 1 is 1.20 bits per heavy atom. The fraction of sp³-hybridized carbons (Fsp3) is 0.667. The minimum atomic E-state index is -0.950. The van der Waals surface area contributed by atoms with Gasteiger partial charge in [0.15, 0.2) is 0 Å². The molecule has 0 spiro atoms. The molecule has 25 heavy (non-hydrogen) atoms. The van der Waals surface area contributed by atoms with Gasteiger partial charge in [0.25, 0.3) is 0 Å². The van der Waals surface area contributed by atoms with Gasteiger partial charge < -0.3 is 5.11 Å². The molecule has 0 fully saturated rings. The molecule has 140 valence electrons. The third kappa shape index (κ3) is 10.3. The number of carbonyl (C=O) groups excluding carboxylic acids is 1. The number of nitrogens with zero attached hydrogens (tertiary/aromatic N) is 2. The summed E-state index contributed by atoms with van der Waals surface area (Å²) in [5.74, 6) is -1.87. The van der Waals surface area contributed by atoms with Crippen LogP contribution in [0, 0.1) is 5.92 Å². The van der Waals surface area contributed by atoms with Crippen LogP contribution in [-0.4, -0.2) is 32.2 Å². The number of rotatable bonds is 14. The minimum Gasteiger partial charge on any atom is -0.481 e. The third-order valence-corrected chi connectivity index (χ3v) is 4.02. The van der Waals surface area contributed by atoms with E-state index in [1.54, 1.807) is 0 Å². The van der Waals surface area contributed by atoms with E-state index >= 15 is 0 Å². The summed E-state index contributed by atoms with van der Waals surface area (Å²) in [5, 5.41) is 17.9. The highest BCUT2D eigenvalue weighted by molar-refractivity contribution is 5.91. The van der Waals surface area contributed by atoms with Gasteiger partial charge in [-0.05, 0) is 25.7 Å². The molecule has 0 saturated carbocycles. The topological polar surface area (TPSA) is 108 Å². The highest BCUT2D eigenvalue weighted by atomic mass is 16.4. The molecule has 1 rings (SSSR count). The molecule has 0 aliphatic rings. The van der Waals surface area contributed by atoms with E-state index in [0.29, 0.717) is 12.8 Å². The molecular weight excluding hydrogens is 320 g/mol. The second-order valence-electron chi connectivity index (χ2n) is 6.22. The summed E-state index contributed by atoms with van der Waals surface area (Å²) >= 11 is 0. The van der Waals surface area contributed by atoms with Gasteiger partial charge in [0, 0.05) is 6.42 Å². The van der Waals surface area contributed by atoms with Gasteiger partial charge in [-0.15, -0.1) is 5.10 Å². The first-order valence-electron chi connectivity index (χ1n) is 9.17. The zero-order chi connectivity index (χ0) is 18.3. The Balaban J connectivity index is 2.17. The summed E-state index contributed by atoms with van der Waals surface area (Å²) in [6.45, 7) is 2.21. The van der Waals surface area contributed by atoms with E-state index in [-0.39, 0.29) is 18.3 Å². The molecule has 0 aliphatic heterocycles. The highest BCUT2D eigenvalue weighted by Crippen LogP contribution is 2.14. The number of amides is 1. The van der Waals surface area contributed by atoms with Gasteiger partial charge in [0.05, 0.1) is 5.92 Å². The molecule has 0 saturated heterocycles. The number of unbranched alkanes of at least 4 members (excludes halogenated alkanes) is 6. The number of anilines is 1. The summed E-state index contributed by atoms with van der Waals surface area (Å²) in [4.78, 5) is 26.9. The zero-order valence-corrected chi connectivity index (χ0v) is 15.0. The van der Waals surface area contributed by atoms with Crippen LogP contribution < -0.4 is 5.32 Å². The molecule has 7 nitrogen and oxygen atoms in total. The molecule has 0 bridgehead atoms. The number of carboxylic acids is 1. The average molecular weight is 350 g/mol. The van der Waals surface area contributed by atoms with Gasteiger partial charge in [0.1, 0.15) is 6.33 Å². The number of allylic oxidation sites excluding steroid dienone is 2. The van der Waals surface area contributed by atoms with E-state index in [9.17, 15) is 14.7 Å². The largest absolute Gasteiger partial charge is 0.481 e. The van der Waals surface area contributed by atoms with Crippen molar-refractivity contribution < 1.29 is 14.7 Å². The van der Waals surface area contributed by atoms with E-state index in [1.807, 2.05) is 6.08 Å². The summed E-state index contributed by atoms with van der Waals surface area (Å²) in [6.07, 6.45) is 15.2. The Kier molecular flexibility index (Phi) is 11.0. The van der Waals surface area contributed by atoms with Crippen molar-refractivity contribution in [3.63, 3.8) is 0 Å². The first kappa shape index (κ1) is 20.9. The molecule has 0 aromatic carbocycles. The highest BCUT2D eigenvalue weighted by Gasteiger charge is 2.21. The number of hydrogen-bond donors (Lipinski definition) is 3. The van der Waals surface area contributed by atoms with Crippen molar-refractivity contribution in [3.8, 4) is 0 Å².